The zero-order valence-electron chi connectivity index (χ0n) is 4.97. The second kappa shape index (κ2) is 1.66. The lowest BCUT2D eigenvalue weighted by Crippen LogP contribution is -2.56. The Hall–Kier alpha value is -0.710. The molecule has 0 saturated heterocycles. The zero-order valence-corrected chi connectivity index (χ0v) is 4.97. The molecular weight excluding hydrogens is 146 g/mol. The highest BCUT2D eigenvalue weighted by Crippen LogP contribution is 2.45. The second-order valence-electron chi connectivity index (χ2n) is 2.55. The summed E-state index contributed by atoms with van der Waals surface area (Å²) in [4.78, 5) is 10.0. The van der Waals surface area contributed by atoms with E-state index < -0.39 is 30.3 Å². The molecule has 0 unspecified atom stereocenters. The first-order chi connectivity index (χ1) is 4.36. The van der Waals surface area contributed by atoms with Gasteiger partial charge < -0.3 is 10.2 Å². The standard InChI is InChI=1S/C5H6F2O3/c6-5(7)1-4(10,2-5)3(8)9/h10H,1-2H2,(H,8,9). The summed E-state index contributed by atoms with van der Waals surface area (Å²) in [6.45, 7) is 0. The van der Waals surface area contributed by atoms with Crippen LogP contribution >= 0.6 is 0 Å². The first-order valence-corrected chi connectivity index (χ1v) is 2.69. The monoisotopic (exact) mass is 152 g/mol. The van der Waals surface area contributed by atoms with Crippen LogP contribution in [0.15, 0.2) is 0 Å². The van der Waals surface area contributed by atoms with E-state index in [1.54, 1.807) is 0 Å². The summed E-state index contributed by atoms with van der Waals surface area (Å²) in [5.74, 6) is -4.56. The van der Waals surface area contributed by atoms with E-state index >= 15 is 0 Å². The van der Waals surface area contributed by atoms with Crippen molar-refractivity contribution in [1.29, 1.82) is 0 Å². The van der Waals surface area contributed by atoms with Gasteiger partial charge in [-0.15, -0.1) is 0 Å². The van der Waals surface area contributed by atoms with Crippen LogP contribution in [0.3, 0.4) is 0 Å². The van der Waals surface area contributed by atoms with E-state index in [1.165, 1.54) is 0 Å². The fourth-order valence-corrected chi connectivity index (χ4v) is 0.955. The van der Waals surface area contributed by atoms with Crippen molar-refractivity contribution in [3.05, 3.63) is 0 Å². The van der Waals surface area contributed by atoms with Crippen molar-refractivity contribution in [3.8, 4) is 0 Å². The fourth-order valence-electron chi connectivity index (χ4n) is 0.955. The molecule has 0 aromatic rings. The van der Waals surface area contributed by atoms with Crippen molar-refractivity contribution >= 4 is 5.97 Å². The van der Waals surface area contributed by atoms with Gasteiger partial charge in [-0.1, -0.05) is 0 Å². The first kappa shape index (κ1) is 7.40. The molecule has 2 N–H and O–H groups in total. The summed E-state index contributed by atoms with van der Waals surface area (Å²) in [7, 11) is 0. The van der Waals surface area contributed by atoms with Crippen molar-refractivity contribution in [2.24, 2.45) is 0 Å². The van der Waals surface area contributed by atoms with E-state index in [9.17, 15) is 13.6 Å². The van der Waals surface area contributed by atoms with Crippen LogP contribution in [-0.4, -0.2) is 27.7 Å². The second-order valence-corrected chi connectivity index (χ2v) is 2.55. The molecule has 0 aromatic carbocycles. The van der Waals surface area contributed by atoms with E-state index in [-0.39, 0.29) is 0 Å². The van der Waals surface area contributed by atoms with Crippen molar-refractivity contribution in [3.63, 3.8) is 0 Å². The van der Waals surface area contributed by atoms with Crippen LogP contribution < -0.4 is 0 Å². The zero-order chi connectivity index (χ0) is 7.99. The van der Waals surface area contributed by atoms with Crippen molar-refractivity contribution in [2.75, 3.05) is 0 Å². The van der Waals surface area contributed by atoms with E-state index in [0.29, 0.717) is 0 Å². The molecule has 0 spiro atoms. The number of carboxylic acid groups (broad SMARTS) is 1. The van der Waals surface area contributed by atoms with Gasteiger partial charge in [-0.2, -0.15) is 0 Å². The van der Waals surface area contributed by atoms with Crippen molar-refractivity contribution in [2.45, 2.75) is 24.4 Å². The summed E-state index contributed by atoms with van der Waals surface area (Å²) in [5, 5.41) is 16.9. The lowest BCUT2D eigenvalue weighted by molar-refractivity contribution is -0.219. The van der Waals surface area contributed by atoms with Gasteiger partial charge in [0.2, 0.25) is 0 Å². The topological polar surface area (TPSA) is 57.5 Å². The molecule has 0 atom stereocenters. The van der Waals surface area contributed by atoms with Crippen LogP contribution in [0.5, 0.6) is 0 Å². The third-order valence-electron chi connectivity index (χ3n) is 1.50. The Morgan fingerprint density at radius 3 is 1.90 bits per heavy atom. The number of carboxylic acids is 1. The number of alkyl halides is 2. The van der Waals surface area contributed by atoms with E-state index in [0.717, 1.165) is 0 Å². The van der Waals surface area contributed by atoms with E-state index in [2.05, 4.69) is 0 Å². The molecule has 58 valence electrons. The largest absolute Gasteiger partial charge is 0.479 e. The summed E-state index contributed by atoms with van der Waals surface area (Å²) < 4.78 is 23.9. The van der Waals surface area contributed by atoms with Gasteiger partial charge in [0.05, 0.1) is 12.8 Å². The Morgan fingerprint density at radius 2 is 1.80 bits per heavy atom. The summed E-state index contributed by atoms with van der Waals surface area (Å²) >= 11 is 0. The molecule has 10 heavy (non-hydrogen) atoms. The van der Waals surface area contributed by atoms with Crippen molar-refractivity contribution < 1.29 is 23.8 Å². The molecule has 1 aliphatic rings. The Labute approximate surface area is 55.3 Å². The average Bonchev–Trinajstić information content (AvgIpc) is 1.59. The predicted molar refractivity (Wildman–Crippen MR) is 26.8 cm³/mol. The number of aliphatic hydroxyl groups is 1. The Balaban J connectivity index is 2.58. The van der Waals surface area contributed by atoms with Crippen LogP contribution in [-0.2, 0) is 4.79 Å². The van der Waals surface area contributed by atoms with Crippen LogP contribution in [0.2, 0.25) is 0 Å². The minimum Gasteiger partial charge on any atom is -0.479 e. The number of rotatable bonds is 1. The Kier molecular flexibility index (Phi) is 1.23. The summed E-state index contributed by atoms with van der Waals surface area (Å²) in [5.41, 5.74) is -2.18. The lowest BCUT2D eigenvalue weighted by atomic mass is 9.77. The number of hydrogen-bond acceptors (Lipinski definition) is 2. The van der Waals surface area contributed by atoms with Gasteiger partial charge in [0.25, 0.3) is 5.92 Å². The average molecular weight is 152 g/mol. The van der Waals surface area contributed by atoms with E-state index in [4.69, 9.17) is 10.2 Å². The van der Waals surface area contributed by atoms with Gasteiger partial charge >= 0.3 is 5.97 Å². The highest BCUT2D eigenvalue weighted by Gasteiger charge is 2.60. The van der Waals surface area contributed by atoms with Crippen LogP contribution in [0.4, 0.5) is 8.78 Å². The minimum atomic E-state index is -2.99. The number of hydrogen-bond donors (Lipinski definition) is 2. The normalized spacial score (nSPS) is 27.1. The molecule has 0 heterocycles. The van der Waals surface area contributed by atoms with E-state index in [1.807, 2.05) is 0 Å². The smallest absolute Gasteiger partial charge is 0.336 e. The Bertz CT molecular complexity index is 170. The first-order valence-electron chi connectivity index (χ1n) is 2.69. The van der Waals surface area contributed by atoms with Gasteiger partial charge in [0, 0.05) is 0 Å². The SMILES string of the molecule is O=C(O)C1(O)CC(F)(F)C1. The van der Waals surface area contributed by atoms with Gasteiger partial charge in [-0.25, -0.2) is 13.6 Å². The summed E-state index contributed by atoms with van der Waals surface area (Å²) in [6.07, 6.45) is -1.93. The maximum atomic E-state index is 12.0. The minimum absolute atomic E-state index is 0.963. The molecule has 1 saturated carbocycles. The number of carbonyl (C=O) groups is 1. The van der Waals surface area contributed by atoms with Crippen LogP contribution in [0.25, 0.3) is 0 Å². The quantitative estimate of drug-likeness (QED) is 0.565. The maximum Gasteiger partial charge on any atom is 0.336 e. The Morgan fingerprint density at radius 1 is 1.40 bits per heavy atom. The molecule has 0 radical (unpaired) electrons. The van der Waals surface area contributed by atoms with Crippen LogP contribution in [0, 0.1) is 0 Å². The lowest BCUT2D eigenvalue weighted by Gasteiger charge is -2.39. The number of aliphatic carboxylic acids is 1. The molecule has 0 aliphatic heterocycles. The molecule has 0 bridgehead atoms. The molecular formula is C5H6F2O3. The van der Waals surface area contributed by atoms with Gasteiger partial charge in [-0.3, -0.25) is 0 Å². The molecule has 0 amide bonds. The molecule has 3 nitrogen and oxygen atoms in total. The maximum absolute atomic E-state index is 12.0. The van der Waals surface area contributed by atoms with Gasteiger partial charge in [0.15, 0.2) is 5.60 Å². The van der Waals surface area contributed by atoms with Gasteiger partial charge in [-0.05, 0) is 0 Å². The molecule has 1 fully saturated rings. The summed E-state index contributed by atoms with van der Waals surface area (Å²) in [6, 6.07) is 0. The molecule has 0 aromatic heterocycles. The molecule has 5 heteroatoms. The number of halogens is 2. The highest BCUT2D eigenvalue weighted by molar-refractivity contribution is 5.78. The predicted octanol–water partition coefficient (Wildman–Crippen LogP) is 0.231. The van der Waals surface area contributed by atoms with Gasteiger partial charge in [0.1, 0.15) is 0 Å². The van der Waals surface area contributed by atoms with Crippen molar-refractivity contribution in [1.82, 2.24) is 0 Å². The molecule has 1 aliphatic carbocycles. The fraction of sp³-hybridized carbons (Fsp3) is 0.800. The highest BCUT2D eigenvalue weighted by atomic mass is 19.3. The third-order valence-corrected chi connectivity index (χ3v) is 1.50. The van der Waals surface area contributed by atoms with Crippen LogP contribution in [0.1, 0.15) is 12.8 Å². The molecule has 1 rings (SSSR count). The third kappa shape index (κ3) is 0.965.